The highest BCUT2D eigenvalue weighted by Crippen LogP contribution is 2.32. The minimum absolute atomic E-state index is 0.148. The number of amides is 1. The van der Waals surface area contributed by atoms with Gasteiger partial charge in [0.25, 0.3) is 5.92 Å². The third-order valence-corrected chi connectivity index (χ3v) is 5.74. The number of carbonyl (C=O) groups is 1. The van der Waals surface area contributed by atoms with Gasteiger partial charge in [0.05, 0.1) is 5.56 Å². The standard InChI is InChI=1S/C22H27F3N2O/c1-2-22(24,25)19-16-17(8-10-20(19)23)9-11-21(28)27-14-12-26(13-15-27)18-6-4-3-5-7-18/h2,8-11,16,18H,1,3-7,12-15H2/b11-9+. The monoisotopic (exact) mass is 392 g/mol. The molecule has 0 aromatic heterocycles. The topological polar surface area (TPSA) is 23.6 Å². The molecule has 2 fully saturated rings. The van der Waals surface area contributed by atoms with Gasteiger partial charge in [-0.15, -0.1) is 0 Å². The molecule has 0 radical (unpaired) electrons. The number of halogens is 3. The lowest BCUT2D eigenvalue weighted by molar-refractivity contribution is -0.128. The Morgan fingerprint density at radius 3 is 2.43 bits per heavy atom. The van der Waals surface area contributed by atoms with Crippen molar-refractivity contribution in [3.63, 3.8) is 0 Å². The molecule has 1 amide bonds. The summed E-state index contributed by atoms with van der Waals surface area (Å²) in [6, 6.07) is 4.07. The number of carbonyl (C=O) groups excluding carboxylic acids is 1. The van der Waals surface area contributed by atoms with Crippen LogP contribution in [0.1, 0.15) is 43.2 Å². The van der Waals surface area contributed by atoms with Crippen LogP contribution in [0.25, 0.3) is 6.08 Å². The van der Waals surface area contributed by atoms with Crippen LogP contribution in [-0.2, 0) is 10.7 Å². The molecule has 28 heavy (non-hydrogen) atoms. The smallest absolute Gasteiger partial charge is 0.294 e. The molecule has 0 unspecified atom stereocenters. The first-order chi connectivity index (χ1) is 13.4. The molecule has 3 nitrogen and oxygen atoms in total. The van der Waals surface area contributed by atoms with Crippen LogP contribution in [0.4, 0.5) is 13.2 Å². The average molecular weight is 392 g/mol. The molecule has 1 saturated heterocycles. The van der Waals surface area contributed by atoms with E-state index in [4.69, 9.17) is 0 Å². The summed E-state index contributed by atoms with van der Waals surface area (Å²) in [6.07, 6.45) is 9.64. The van der Waals surface area contributed by atoms with E-state index in [-0.39, 0.29) is 5.91 Å². The molecule has 1 aromatic rings. The predicted octanol–water partition coefficient (Wildman–Crippen LogP) is 4.59. The third kappa shape index (κ3) is 4.85. The van der Waals surface area contributed by atoms with Crippen molar-refractivity contribution >= 4 is 12.0 Å². The quantitative estimate of drug-likeness (QED) is 0.540. The van der Waals surface area contributed by atoms with E-state index in [0.29, 0.717) is 30.8 Å². The van der Waals surface area contributed by atoms with E-state index in [1.807, 2.05) is 0 Å². The molecule has 1 aromatic carbocycles. The molecule has 0 N–H and O–H groups in total. The van der Waals surface area contributed by atoms with E-state index < -0.39 is 17.3 Å². The highest BCUT2D eigenvalue weighted by atomic mass is 19.3. The SMILES string of the molecule is C=CC(F)(F)c1cc(/C=C/C(=O)N2CCN(C3CCCCC3)CC2)ccc1F. The minimum atomic E-state index is -3.45. The Kier molecular flexibility index (Phi) is 6.60. The molecule has 1 aliphatic heterocycles. The van der Waals surface area contributed by atoms with Crippen LogP contribution in [-0.4, -0.2) is 47.9 Å². The number of nitrogens with zero attached hydrogens (tertiary/aromatic N) is 2. The summed E-state index contributed by atoms with van der Waals surface area (Å²) in [5.41, 5.74) is -0.384. The second-order valence-corrected chi connectivity index (χ2v) is 7.55. The van der Waals surface area contributed by atoms with Crippen molar-refractivity contribution in [1.82, 2.24) is 9.80 Å². The maximum absolute atomic E-state index is 13.7. The van der Waals surface area contributed by atoms with Gasteiger partial charge >= 0.3 is 0 Å². The van der Waals surface area contributed by atoms with Gasteiger partial charge in [-0.2, -0.15) is 8.78 Å². The summed E-state index contributed by atoms with van der Waals surface area (Å²) in [5.74, 6) is -4.59. The van der Waals surface area contributed by atoms with Crippen LogP contribution in [0.5, 0.6) is 0 Å². The molecule has 1 heterocycles. The Bertz CT molecular complexity index is 733. The lowest BCUT2D eigenvalue weighted by atomic mass is 9.94. The molecule has 0 atom stereocenters. The zero-order valence-corrected chi connectivity index (χ0v) is 16.0. The second kappa shape index (κ2) is 8.95. The summed E-state index contributed by atoms with van der Waals surface area (Å²) in [5, 5.41) is 0. The Hall–Kier alpha value is -2.08. The van der Waals surface area contributed by atoms with Crippen LogP contribution in [0.2, 0.25) is 0 Å². The van der Waals surface area contributed by atoms with Crippen LogP contribution in [0.15, 0.2) is 36.9 Å². The van der Waals surface area contributed by atoms with Crippen LogP contribution >= 0.6 is 0 Å². The Balaban J connectivity index is 1.58. The first-order valence-electron chi connectivity index (χ1n) is 9.93. The highest BCUT2D eigenvalue weighted by molar-refractivity contribution is 5.91. The normalized spacial score (nSPS) is 19.9. The lowest BCUT2D eigenvalue weighted by Gasteiger charge is -2.40. The Labute approximate surface area is 164 Å². The first-order valence-corrected chi connectivity index (χ1v) is 9.93. The summed E-state index contributed by atoms with van der Waals surface area (Å²) < 4.78 is 41.2. The van der Waals surface area contributed by atoms with Gasteiger partial charge in [0.2, 0.25) is 5.91 Å². The van der Waals surface area contributed by atoms with E-state index in [2.05, 4.69) is 11.5 Å². The molecule has 3 rings (SSSR count). The average Bonchev–Trinajstić information content (AvgIpc) is 2.73. The first kappa shape index (κ1) is 20.6. The van der Waals surface area contributed by atoms with E-state index in [1.54, 1.807) is 4.90 Å². The minimum Gasteiger partial charge on any atom is -0.337 e. The van der Waals surface area contributed by atoms with Crippen molar-refractivity contribution < 1.29 is 18.0 Å². The zero-order chi connectivity index (χ0) is 20.1. The number of hydrogen-bond donors (Lipinski definition) is 0. The van der Waals surface area contributed by atoms with Crippen molar-refractivity contribution in [1.29, 1.82) is 0 Å². The maximum Gasteiger partial charge on any atom is 0.294 e. The van der Waals surface area contributed by atoms with Gasteiger partial charge in [0, 0.05) is 38.3 Å². The molecule has 2 aliphatic rings. The lowest BCUT2D eigenvalue weighted by Crippen LogP contribution is -2.52. The molecule has 1 aliphatic carbocycles. The van der Waals surface area contributed by atoms with E-state index in [1.165, 1.54) is 50.3 Å². The van der Waals surface area contributed by atoms with Gasteiger partial charge < -0.3 is 4.90 Å². The molecular formula is C22H27F3N2O. The van der Waals surface area contributed by atoms with Gasteiger partial charge in [-0.3, -0.25) is 9.69 Å². The number of alkyl halides is 2. The summed E-state index contributed by atoms with van der Waals surface area (Å²) in [4.78, 5) is 16.7. The fourth-order valence-corrected chi connectivity index (χ4v) is 4.04. The number of hydrogen-bond acceptors (Lipinski definition) is 2. The Morgan fingerprint density at radius 2 is 1.79 bits per heavy atom. The number of piperazine rings is 1. The summed E-state index contributed by atoms with van der Waals surface area (Å²) in [7, 11) is 0. The zero-order valence-electron chi connectivity index (χ0n) is 16.0. The number of rotatable bonds is 5. The van der Waals surface area contributed by atoms with Gasteiger partial charge in [0.15, 0.2) is 0 Å². The van der Waals surface area contributed by atoms with Crippen molar-refractivity contribution in [2.24, 2.45) is 0 Å². The van der Waals surface area contributed by atoms with Crippen molar-refractivity contribution in [2.75, 3.05) is 26.2 Å². The van der Waals surface area contributed by atoms with Crippen molar-refractivity contribution in [3.05, 3.63) is 53.9 Å². The predicted molar refractivity (Wildman–Crippen MR) is 105 cm³/mol. The fraction of sp³-hybridized carbons (Fsp3) is 0.500. The second-order valence-electron chi connectivity index (χ2n) is 7.55. The van der Waals surface area contributed by atoms with E-state index in [9.17, 15) is 18.0 Å². The van der Waals surface area contributed by atoms with Crippen LogP contribution in [0.3, 0.4) is 0 Å². The van der Waals surface area contributed by atoms with Gasteiger partial charge in [-0.05, 0) is 42.7 Å². The number of allylic oxidation sites excluding steroid dienone is 1. The Morgan fingerprint density at radius 1 is 1.11 bits per heavy atom. The van der Waals surface area contributed by atoms with Crippen LogP contribution < -0.4 is 0 Å². The van der Waals surface area contributed by atoms with Gasteiger partial charge in [-0.25, -0.2) is 4.39 Å². The molecule has 6 heteroatoms. The van der Waals surface area contributed by atoms with Crippen LogP contribution in [0, 0.1) is 5.82 Å². The number of benzene rings is 1. The highest BCUT2D eigenvalue weighted by Gasteiger charge is 2.31. The molecular weight excluding hydrogens is 365 g/mol. The molecule has 0 bridgehead atoms. The summed E-state index contributed by atoms with van der Waals surface area (Å²) in [6.45, 7) is 6.14. The molecule has 152 valence electrons. The van der Waals surface area contributed by atoms with Crippen molar-refractivity contribution in [2.45, 2.75) is 44.1 Å². The summed E-state index contributed by atoms with van der Waals surface area (Å²) >= 11 is 0. The maximum atomic E-state index is 13.7. The van der Waals surface area contributed by atoms with Crippen molar-refractivity contribution in [3.8, 4) is 0 Å². The molecule has 0 spiro atoms. The van der Waals surface area contributed by atoms with Gasteiger partial charge in [0.1, 0.15) is 5.82 Å². The fourth-order valence-electron chi connectivity index (χ4n) is 4.04. The van der Waals surface area contributed by atoms with E-state index >= 15 is 0 Å². The third-order valence-electron chi connectivity index (χ3n) is 5.74. The largest absolute Gasteiger partial charge is 0.337 e. The molecule has 1 saturated carbocycles. The van der Waals surface area contributed by atoms with E-state index in [0.717, 1.165) is 25.2 Å². The van der Waals surface area contributed by atoms with Gasteiger partial charge in [-0.1, -0.05) is 31.9 Å².